The summed E-state index contributed by atoms with van der Waals surface area (Å²) >= 11 is 0. The Labute approximate surface area is 62.9 Å². The molecule has 0 aliphatic heterocycles. The van der Waals surface area contributed by atoms with Gasteiger partial charge in [0.05, 0.1) is 0 Å². The molecule has 66 valence electrons. The second-order valence-corrected chi connectivity index (χ2v) is 2.28. The molecule has 11 heavy (non-hydrogen) atoms. The van der Waals surface area contributed by atoms with Crippen LogP contribution in [0.2, 0.25) is 0 Å². The molecule has 0 nitrogen and oxygen atoms in total. The molecule has 0 bridgehead atoms. The van der Waals surface area contributed by atoms with E-state index in [0.29, 0.717) is 6.92 Å². The Balaban J connectivity index is 4.16. The zero-order valence-electron chi connectivity index (χ0n) is 6.16. The van der Waals surface area contributed by atoms with Gasteiger partial charge >= 0.3 is 5.92 Å². The molecule has 0 spiro atoms. The minimum absolute atomic E-state index is 0.527. The average Bonchev–Trinajstić information content (AvgIpc) is 1.88. The number of rotatable bonds is 4. The molecule has 2 unspecified atom stereocenters. The maximum Gasteiger partial charge on any atom is 0.309 e. The lowest BCUT2D eigenvalue weighted by Crippen LogP contribution is -2.37. The van der Waals surface area contributed by atoms with E-state index in [1.54, 1.807) is 0 Å². The van der Waals surface area contributed by atoms with E-state index >= 15 is 0 Å². The average molecular weight is 170 g/mol. The topological polar surface area (TPSA) is 0 Å². The van der Waals surface area contributed by atoms with Crippen molar-refractivity contribution in [2.24, 2.45) is 0 Å². The number of halogens is 4. The first-order valence-corrected chi connectivity index (χ1v) is 3.19. The van der Waals surface area contributed by atoms with Gasteiger partial charge in [-0.2, -0.15) is 0 Å². The lowest BCUT2D eigenvalue weighted by atomic mass is 10.1. The SMILES string of the molecule is C=CCC(F)C(F)(F)C(C)F. The fourth-order valence-corrected chi connectivity index (χ4v) is 0.553. The van der Waals surface area contributed by atoms with Crippen LogP contribution in [0, 0.1) is 0 Å². The molecule has 2 atom stereocenters. The second-order valence-electron chi connectivity index (χ2n) is 2.28. The Morgan fingerprint density at radius 3 is 2.18 bits per heavy atom. The van der Waals surface area contributed by atoms with Crippen LogP contribution in [0.4, 0.5) is 17.6 Å². The summed E-state index contributed by atoms with van der Waals surface area (Å²) in [7, 11) is 0. The number of hydrogen-bond acceptors (Lipinski definition) is 0. The van der Waals surface area contributed by atoms with Gasteiger partial charge in [0, 0.05) is 6.42 Å². The summed E-state index contributed by atoms with van der Waals surface area (Å²) in [4.78, 5) is 0. The summed E-state index contributed by atoms with van der Waals surface area (Å²) < 4.78 is 49.1. The summed E-state index contributed by atoms with van der Waals surface area (Å²) in [5, 5.41) is 0. The van der Waals surface area contributed by atoms with Gasteiger partial charge in [-0.05, 0) is 6.92 Å². The molecule has 0 amide bonds. The van der Waals surface area contributed by atoms with Crippen molar-refractivity contribution in [3.05, 3.63) is 12.7 Å². The van der Waals surface area contributed by atoms with E-state index in [-0.39, 0.29) is 0 Å². The molecule has 0 aliphatic carbocycles. The zero-order valence-corrected chi connectivity index (χ0v) is 6.16. The predicted octanol–water partition coefficient (Wildman–Crippen LogP) is 2.89. The lowest BCUT2D eigenvalue weighted by molar-refractivity contribution is -0.120. The zero-order chi connectivity index (χ0) is 9.07. The fourth-order valence-electron chi connectivity index (χ4n) is 0.553. The monoisotopic (exact) mass is 170 g/mol. The Bertz CT molecular complexity index is 130. The van der Waals surface area contributed by atoms with Crippen LogP contribution in [0.3, 0.4) is 0 Å². The van der Waals surface area contributed by atoms with Crippen LogP contribution < -0.4 is 0 Å². The van der Waals surface area contributed by atoms with Gasteiger partial charge in [-0.3, -0.25) is 0 Å². The minimum atomic E-state index is -3.89. The summed E-state index contributed by atoms with van der Waals surface area (Å²) in [6.45, 7) is 3.71. The van der Waals surface area contributed by atoms with Gasteiger partial charge in [0.2, 0.25) is 0 Å². The van der Waals surface area contributed by atoms with Crippen LogP contribution in [0.5, 0.6) is 0 Å². The Morgan fingerprint density at radius 2 is 1.91 bits per heavy atom. The van der Waals surface area contributed by atoms with Crippen molar-refractivity contribution in [1.29, 1.82) is 0 Å². The van der Waals surface area contributed by atoms with E-state index in [2.05, 4.69) is 6.58 Å². The normalized spacial score (nSPS) is 17.5. The molecule has 0 saturated heterocycles. The van der Waals surface area contributed by atoms with Crippen LogP contribution >= 0.6 is 0 Å². The molecular formula is C7H10F4. The molecule has 0 rings (SSSR count). The van der Waals surface area contributed by atoms with Gasteiger partial charge in [-0.25, -0.2) is 17.6 Å². The summed E-state index contributed by atoms with van der Waals surface area (Å²) in [6.07, 6.45) is -4.46. The van der Waals surface area contributed by atoms with Crippen molar-refractivity contribution in [2.45, 2.75) is 31.6 Å². The Morgan fingerprint density at radius 1 is 1.45 bits per heavy atom. The van der Waals surface area contributed by atoms with Crippen molar-refractivity contribution < 1.29 is 17.6 Å². The van der Waals surface area contributed by atoms with Crippen LogP contribution in [0.15, 0.2) is 12.7 Å². The number of hydrogen-bond donors (Lipinski definition) is 0. The van der Waals surface area contributed by atoms with E-state index in [9.17, 15) is 17.6 Å². The summed E-state index contributed by atoms with van der Waals surface area (Å²) in [6, 6.07) is 0. The predicted molar refractivity (Wildman–Crippen MR) is 35.2 cm³/mol. The first kappa shape index (κ1) is 10.5. The van der Waals surface area contributed by atoms with Gasteiger partial charge in [0.1, 0.15) is 0 Å². The molecule has 0 N–H and O–H groups in total. The molecule has 0 aliphatic rings. The number of alkyl halides is 4. The quantitative estimate of drug-likeness (QED) is 0.449. The van der Waals surface area contributed by atoms with Crippen molar-refractivity contribution in [1.82, 2.24) is 0 Å². The minimum Gasteiger partial charge on any atom is -0.241 e. The smallest absolute Gasteiger partial charge is 0.241 e. The molecular weight excluding hydrogens is 160 g/mol. The van der Waals surface area contributed by atoms with Crippen LogP contribution in [-0.2, 0) is 0 Å². The lowest BCUT2D eigenvalue weighted by Gasteiger charge is -2.20. The van der Waals surface area contributed by atoms with E-state index in [4.69, 9.17) is 0 Å². The summed E-state index contributed by atoms with van der Waals surface area (Å²) in [5.41, 5.74) is 0. The highest BCUT2D eigenvalue weighted by atomic mass is 19.3. The second kappa shape index (κ2) is 3.74. The highest BCUT2D eigenvalue weighted by molar-refractivity contribution is 4.86. The third-order valence-electron chi connectivity index (χ3n) is 1.32. The van der Waals surface area contributed by atoms with Crippen LogP contribution in [0.25, 0.3) is 0 Å². The molecule has 0 radical (unpaired) electrons. The van der Waals surface area contributed by atoms with Gasteiger partial charge in [-0.15, -0.1) is 6.58 Å². The van der Waals surface area contributed by atoms with E-state index in [1.807, 2.05) is 0 Å². The highest BCUT2D eigenvalue weighted by Gasteiger charge is 2.45. The molecule has 0 aromatic rings. The Hall–Kier alpha value is -0.540. The van der Waals surface area contributed by atoms with Crippen LogP contribution in [-0.4, -0.2) is 18.3 Å². The first-order chi connectivity index (χ1) is 4.92. The van der Waals surface area contributed by atoms with Gasteiger partial charge in [0.25, 0.3) is 0 Å². The standard InChI is InChI=1S/C7H10F4/c1-3-4-6(9)7(10,11)5(2)8/h3,5-6H,1,4H2,2H3. The number of allylic oxidation sites excluding steroid dienone is 1. The van der Waals surface area contributed by atoms with E-state index < -0.39 is 24.7 Å². The third-order valence-corrected chi connectivity index (χ3v) is 1.32. The molecule has 4 heteroatoms. The van der Waals surface area contributed by atoms with Crippen LogP contribution in [0.1, 0.15) is 13.3 Å². The van der Waals surface area contributed by atoms with Crippen molar-refractivity contribution in [3.8, 4) is 0 Å². The van der Waals surface area contributed by atoms with Gasteiger partial charge < -0.3 is 0 Å². The molecule has 0 fully saturated rings. The first-order valence-electron chi connectivity index (χ1n) is 3.19. The third kappa shape index (κ3) is 2.52. The van der Waals surface area contributed by atoms with Gasteiger partial charge in [-0.1, -0.05) is 6.08 Å². The van der Waals surface area contributed by atoms with Crippen molar-refractivity contribution in [2.75, 3.05) is 0 Å². The highest BCUT2D eigenvalue weighted by Crippen LogP contribution is 2.29. The molecule has 0 saturated carbocycles. The summed E-state index contributed by atoms with van der Waals surface area (Å²) in [5.74, 6) is -3.89. The Kier molecular flexibility index (Phi) is 3.55. The van der Waals surface area contributed by atoms with E-state index in [0.717, 1.165) is 6.08 Å². The van der Waals surface area contributed by atoms with Gasteiger partial charge in [0.15, 0.2) is 12.3 Å². The van der Waals surface area contributed by atoms with E-state index in [1.165, 1.54) is 0 Å². The maximum absolute atomic E-state index is 12.4. The van der Waals surface area contributed by atoms with Crippen molar-refractivity contribution >= 4 is 0 Å². The largest absolute Gasteiger partial charge is 0.309 e. The van der Waals surface area contributed by atoms with Crippen molar-refractivity contribution in [3.63, 3.8) is 0 Å². The fraction of sp³-hybridized carbons (Fsp3) is 0.714. The maximum atomic E-state index is 12.4. The molecule has 0 aromatic carbocycles. The molecule has 0 aromatic heterocycles. The molecule has 0 heterocycles.